The third kappa shape index (κ3) is 3.83. The minimum Gasteiger partial charge on any atom is -0.370 e. The zero-order valence-corrected chi connectivity index (χ0v) is 10.0. The van der Waals surface area contributed by atoms with Crippen molar-refractivity contribution < 1.29 is 4.79 Å². The average Bonchev–Trinajstić information content (AvgIpc) is 2.48. The van der Waals surface area contributed by atoms with Crippen LogP contribution in [0.3, 0.4) is 0 Å². The summed E-state index contributed by atoms with van der Waals surface area (Å²) in [5.41, 5.74) is 4.77. The van der Waals surface area contributed by atoms with Crippen LogP contribution in [0.4, 0.5) is 5.13 Å². The van der Waals surface area contributed by atoms with Gasteiger partial charge in [0.05, 0.1) is 0 Å². The Morgan fingerprint density at radius 2 is 2.27 bits per heavy atom. The predicted molar refractivity (Wildman–Crippen MR) is 60.8 cm³/mol. The lowest BCUT2D eigenvalue weighted by Gasteiger charge is -2.23. The standard InChI is InChI=1S/C9H16N4OS/c1-4-7-11-8(15-13-7)12-9(2,3)5-6(10)14/h4-5H2,1-3H3,(H2,10,14)(H,11,12,13). The lowest BCUT2D eigenvalue weighted by molar-refractivity contribution is -0.118. The van der Waals surface area contributed by atoms with Gasteiger partial charge in [-0.2, -0.15) is 4.37 Å². The molecule has 0 atom stereocenters. The number of nitrogens with one attached hydrogen (secondary N) is 1. The fraction of sp³-hybridized carbons (Fsp3) is 0.667. The maximum atomic E-state index is 10.8. The molecule has 3 N–H and O–H groups in total. The summed E-state index contributed by atoms with van der Waals surface area (Å²) >= 11 is 1.30. The maximum Gasteiger partial charge on any atom is 0.219 e. The molecule has 0 aliphatic rings. The van der Waals surface area contributed by atoms with Gasteiger partial charge in [0.15, 0.2) is 0 Å². The topological polar surface area (TPSA) is 80.9 Å². The zero-order valence-electron chi connectivity index (χ0n) is 9.20. The summed E-state index contributed by atoms with van der Waals surface area (Å²) in [6.07, 6.45) is 1.09. The van der Waals surface area contributed by atoms with Gasteiger partial charge in [-0.1, -0.05) is 6.92 Å². The molecule has 15 heavy (non-hydrogen) atoms. The van der Waals surface area contributed by atoms with Crippen molar-refractivity contribution in [2.45, 2.75) is 39.2 Å². The van der Waals surface area contributed by atoms with Crippen LogP contribution < -0.4 is 11.1 Å². The minimum absolute atomic E-state index is 0.272. The van der Waals surface area contributed by atoms with Gasteiger partial charge in [-0.3, -0.25) is 4.79 Å². The van der Waals surface area contributed by atoms with E-state index in [4.69, 9.17) is 5.73 Å². The predicted octanol–water partition coefficient (Wildman–Crippen LogP) is 1.17. The third-order valence-electron chi connectivity index (χ3n) is 1.85. The summed E-state index contributed by atoms with van der Waals surface area (Å²) < 4.78 is 4.15. The van der Waals surface area contributed by atoms with Gasteiger partial charge in [-0.15, -0.1) is 0 Å². The van der Waals surface area contributed by atoms with E-state index < -0.39 is 0 Å². The molecule has 1 heterocycles. The van der Waals surface area contributed by atoms with Crippen LogP contribution in [0.15, 0.2) is 0 Å². The lowest BCUT2D eigenvalue weighted by Crippen LogP contribution is -2.35. The average molecular weight is 228 g/mol. The first kappa shape index (κ1) is 11.9. The third-order valence-corrected chi connectivity index (χ3v) is 2.51. The molecular weight excluding hydrogens is 212 g/mol. The summed E-state index contributed by atoms with van der Waals surface area (Å²) in [6, 6.07) is 0. The van der Waals surface area contributed by atoms with Crippen LogP contribution in [0.1, 0.15) is 33.0 Å². The van der Waals surface area contributed by atoms with Gasteiger partial charge in [0.1, 0.15) is 5.82 Å². The first-order valence-electron chi connectivity index (χ1n) is 4.82. The van der Waals surface area contributed by atoms with Crippen molar-refractivity contribution in [3.8, 4) is 0 Å². The van der Waals surface area contributed by atoms with Crippen molar-refractivity contribution >= 4 is 22.6 Å². The number of hydrogen-bond donors (Lipinski definition) is 2. The first-order chi connectivity index (χ1) is 6.93. The highest BCUT2D eigenvalue weighted by molar-refractivity contribution is 7.09. The summed E-state index contributed by atoms with van der Waals surface area (Å²) in [5.74, 6) is 0.491. The molecule has 5 nitrogen and oxygen atoms in total. The smallest absolute Gasteiger partial charge is 0.219 e. The number of anilines is 1. The molecule has 6 heteroatoms. The molecule has 0 aliphatic heterocycles. The quantitative estimate of drug-likeness (QED) is 0.792. The van der Waals surface area contributed by atoms with Crippen LogP contribution in [0.25, 0.3) is 0 Å². The molecule has 0 radical (unpaired) electrons. The van der Waals surface area contributed by atoms with Gasteiger partial charge in [0, 0.05) is 29.9 Å². The number of primary amides is 1. The van der Waals surface area contributed by atoms with E-state index in [1.54, 1.807) is 0 Å². The largest absolute Gasteiger partial charge is 0.370 e. The van der Waals surface area contributed by atoms with E-state index in [1.807, 2.05) is 20.8 Å². The van der Waals surface area contributed by atoms with Crippen molar-refractivity contribution in [3.05, 3.63) is 5.82 Å². The SMILES string of the molecule is CCc1nsc(NC(C)(C)CC(N)=O)n1. The fourth-order valence-corrected chi connectivity index (χ4v) is 2.05. The molecule has 0 aromatic carbocycles. The minimum atomic E-state index is -0.379. The number of nitrogens with two attached hydrogens (primary N) is 1. The second kappa shape index (κ2) is 4.57. The zero-order chi connectivity index (χ0) is 11.5. The van der Waals surface area contributed by atoms with E-state index in [9.17, 15) is 4.79 Å². The molecule has 1 rings (SSSR count). The maximum absolute atomic E-state index is 10.8. The molecule has 1 amide bonds. The van der Waals surface area contributed by atoms with Gasteiger partial charge in [0.2, 0.25) is 11.0 Å². The number of aromatic nitrogens is 2. The fourth-order valence-electron chi connectivity index (χ4n) is 1.22. The van der Waals surface area contributed by atoms with Crippen LogP contribution in [0.5, 0.6) is 0 Å². The lowest BCUT2D eigenvalue weighted by atomic mass is 10.0. The Morgan fingerprint density at radius 3 is 2.73 bits per heavy atom. The Hall–Kier alpha value is -1.17. The van der Waals surface area contributed by atoms with Crippen molar-refractivity contribution in [1.29, 1.82) is 0 Å². The normalized spacial score (nSPS) is 11.4. The molecule has 1 aromatic rings. The number of rotatable bonds is 5. The monoisotopic (exact) mass is 228 g/mol. The van der Waals surface area contributed by atoms with Crippen LogP contribution in [-0.4, -0.2) is 20.8 Å². The van der Waals surface area contributed by atoms with Crippen molar-refractivity contribution in [2.75, 3.05) is 5.32 Å². The summed E-state index contributed by atoms with van der Waals surface area (Å²) in [6.45, 7) is 5.82. The van der Waals surface area contributed by atoms with E-state index >= 15 is 0 Å². The van der Waals surface area contributed by atoms with E-state index in [0.717, 1.165) is 17.4 Å². The van der Waals surface area contributed by atoms with Gasteiger partial charge in [0.25, 0.3) is 0 Å². The highest BCUT2D eigenvalue weighted by Crippen LogP contribution is 2.19. The molecular formula is C9H16N4OS. The molecule has 0 unspecified atom stereocenters. The Morgan fingerprint density at radius 1 is 1.60 bits per heavy atom. The summed E-state index contributed by atoms with van der Waals surface area (Å²) in [5, 5.41) is 3.88. The number of carbonyl (C=O) groups excluding carboxylic acids is 1. The van der Waals surface area contributed by atoms with Gasteiger partial charge >= 0.3 is 0 Å². The second-order valence-corrected chi connectivity index (χ2v) is 4.77. The summed E-state index contributed by atoms with van der Waals surface area (Å²) in [4.78, 5) is 15.1. The molecule has 0 aliphatic carbocycles. The highest BCUT2D eigenvalue weighted by atomic mass is 32.1. The Kier molecular flexibility index (Phi) is 3.62. The molecule has 0 bridgehead atoms. The number of aryl methyl sites for hydroxylation is 1. The molecule has 84 valence electrons. The molecule has 0 saturated carbocycles. The Labute approximate surface area is 93.3 Å². The van der Waals surface area contributed by atoms with Gasteiger partial charge < -0.3 is 11.1 Å². The number of hydrogen-bond acceptors (Lipinski definition) is 5. The number of amides is 1. The summed E-state index contributed by atoms with van der Waals surface area (Å²) in [7, 11) is 0. The van der Waals surface area contributed by atoms with E-state index in [2.05, 4.69) is 14.7 Å². The van der Waals surface area contributed by atoms with Crippen LogP contribution >= 0.6 is 11.5 Å². The van der Waals surface area contributed by atoms with E-state index in [1.165, 1.54) is 11.5 Å². The molecule has 0 spiro atoms. The van der Waals surface area contributed by atoms with Crippen molar-refractivity contribution in [3.63, 3.8) is 0 Å². The molecule has 0 fully saturated rings. The van der Waals surface area contributed by atoms with Crippen LogP contribution in [-0.2, 0) is 11.2 Å². The first-order valence-corrected chi connectivity index (χ1v) is 5.59. The van der Waals surface area contributed by atoms with Gasteiger partial charge in [-0.25, -0.2) is 4.98 Å². The van der Waals surface area contributed by atoms with E-state index in [0.29, 0.717) is 0 Å². The van der Waals surface area contributed by atoms with Crippen molar-refractivity contribution in [2.24, 2.45) is 5.73 Å². The molecule has 1 aromatic heterocycles. The van der Waals surface area contributed by atoms with Crippen LogP contribution in [0, 0.1) is 0 Å². The number of carbonyl (C=O) groups is 1. The highest BCUT2D eigenvalue weighted by Gasteiger charge is 2.21. The van der Waals surface area contributed by atoms with E-state index in [-0.39, 0.29) is 17.9 Å². The van der Waals surface area contributed by atoms with Crippen molar-refractivity contribution in [1.82, 2.24) is 9.36 Å². The van der Waals surface area contributed by atoms with Gasteiger partial charge in [-0.05, 0) is 13.8 Å². The second-order valence-electron chi connectivity index (χ2n) is 4.02. The molecule has 0 saturated heterocycles. The Bertz CT molecular complexity index is 348. The number of nitrogens with zero attached hydrogens (tertiary/aromatic N) is 2. The van der Waals surface area contributed by atoms with Crippen LogP contribution in [0.2, 0.25) is 0 Å². The Balaban J connectivity index is 2.63.